The van der Waals surface area contributed by atoms with Crippen LogP contribution >= 0.6 is 0 Å². The van der Waals surface area contributed by atoms with Gasteiger partial charge in [0.25, 0.3) is 11.8 Å². The van der Waals surface area contributed by atoms with Gasteiger partial charge in [-0.25, -0.2) is 4.79 Å². The van der Waals surface area contributed by atoms with Crippen molar-refractivity contribution in [3.63, 3.8) is 0 Å². The lowest BCUT2D eigenvalue weighted by atomic mass is 10.1. The van der Waals surface area contributed by atoms with Gasteiger partial charge in [0.05, 0.1) is 37.2 Å². The fraction of sp³-hybridized carbons (Fsp3) is 0.273. The summed E-state index contributed by atoms with van der Waals surface area (Å²) in [5.74, 6) is -0.962. The van der Waals surface area contributed by atoms with Gasteiger partial charge in [-0.2, -0.15) is 20.2 Å². The van der Waals surface area contributed by atoms with Gasteiger partial charge >= 0.3 is 5.97 Å². The molecule has 0 radical (unpaired) electrons. The largest absolute Gasteiger partial charge is 0.483 e. The highest BCUT2D eigenvalue weighted by Crippen LogP contribution is 2.30. The number of carbonyl (C=O) groups is 4. The van der Waals surface area contributed by atoms with Gasteiger partial charge in [-0.3, -0.25) is 19.3 Å². The summed E-state index contributed by atoms with van der Waals surface area (Å²) in [5.41, 5.74) is 11.4. The Kier molecular flexibility index (Phi) is 15.0. The van der Waals surface area contributed by atoms with E-state index in [1.54, 1.807) is 18.3 Å². The van der Waals surface area contributed by atoms with Crippen molar-refractivity contribution >= 4 is 57.9 Å². The normalized spacial score (nSPS) is 14.1. The topological polar surface area (TPSA) is 171 Å². The minimum Gasteiger partial charge on any atom is -0.483 e. The number of hydrogen-bond donors (Lipinski definition) is 2. The molecule has 1 aliphatic rings. The predicted molar refractivity (Wildman–Crippen MR) is 269 cm³/mol. The molecule has 70 heavy (non-hydrogen) atoms. The maximum absolute atomic E-state index is 13.6. The Bertz CT molecular complexity index is 3090. The van der Waals surface area contributed by atoms with E-state index in [-0.39, 0.29) is 19.3 Å². The third kappa shape index (κ3) is 11.5. The summed E-state index contributed by atoms with van der Waals surface area (Å²) in [4.78, 5) is 61.7. The molecule has 0 saturated carbocycles. The third-order valence-electron chi connectivity index (χ3n) is 12.2. The maximum Gasteiger partial charge on any atom is 0.339 e. The molecule has 0 bridgehead atoms. The number of hydrazone groups is 2. The van der Waals surface area contributed by atoms with Crippen LogP contribution in [0.2, 0.25) is 0 Å². The van der Waals surface area contributed by atoms with Gasteiger partial charge < -0.3 is 28.9 Å². The van der Waals surface area contributed by atoms with E-state index in [9.17, 15) is 19.2 Å². The monoisotopic (exact) mass is 943 g/mol. The number of fused-ring (bicyclic) bond motifs is 2. The molecular formula is C55H57N7O8. The second-order valence-corrected chi connectivity index (χ2v) is 17.7. The number of imide groups is 1. The first-order valence-corrected chi connectivity index (χ1v) is 23.1. The second-order valence-electron chi connectivity index (χ2n) is 17.7. The number of hydrogen-bond acceptors (Lipinski definition) is 11. The highest BCUT2D eigenvalue weighted by molar-refractivity contribution is 5.99. The summed E-state index contributed by atoms with van der Waals surface area (Å²) in [7, 11) is 0. The summed E-state index contributed by atoms with van der Waals surface area (Å²) in [5, 5.41) is 12.6. The van der Waals surface area contributed by atoms with Crippen molar-refractivity contribution in [3.8, 4) is 11.5 Å². The van der Waals surface area contributed by atoms with Gasteiger partial charge in [-0.1, -0.05) is 71.8 Å². The number of amides is 3. The number of ether oxygens (including phenoxy) is 4. The average Bonchev–Trinajstić information content (AvgIpc) is 3.99. The van der Waals surface area contributed by atoms with Crippen molar-refractivity contribution in [2.24, 2.45) is 10.2 Å². The zero-order valence-electron chi connectivity index (χ0n) is 40.5. The van der Waals surface area contributed by atoms with Crippen LogP contribution in [0.5, 0.6) is 11.5 Å². The Morgan fingerprint density at radius 2 is 1.43 bits per heavy atom. The van der Waals surface area contributed by atoms with Gasteiger partial charge in [0, 0.05) is 53.9 Å². The number of H-pyrrole nitrogens is 2. The van der Waals surface area contributed by atoms with Gasteiger partial charge in [0.15, 0.2) is 19.9 Å². The summed E-state index contributed by atoms with van der Waals surface area (Å²) >= 11 is 0. The molecule has 8 rings (SSSR count). The Balaban J connectivity index is 0.901. The molecule has 1 aliphatic heterocycles. The quantitative estimate of drug-likeness (QED) is 0.0416. The Morgan fingerprint density at radius 1 is 0.757 bits per heavy atom. The van der Waals surface area contributed by atoms with Crippen LogP contribution in [0.15, 0.2) is 113 Å². The lowest BCUT2D eigenvalue weighted by Gasteiger charge is -2.35. The minimum absolute atomic E-state index is 0.0920. The molecule has 3 amide bonds. The molecule has 1 atom stereocenters. The van der Waals surface area contributed by atoms with Crippen LogP contribution in [0.25, 0.3) is 21.8 Å². The van der Waals surface area contributed by atoms with Crippen LogP contribution in [0.4, 0.5) is 0 Å². The highest BCUT2D eigenvalue weighted by Gasteiger charge is 2.27. The summed E-state index contributed by atoms with van der Waals surface area (Å²) in [6, 6.07) is 30.6. The van der Waals surface area contributed by atoms with Gasteiger partial charge in [-0.05, 0) is 117 Å². The van der Waals surface area contributed by atoms with E-state index < -0.39 is 30.4 Å². The van der Waals surface area contributed by atoms with E-state index in [2.05, 4.69) is 31.1 Å². The van der Waals surface area contributed by atoms with Crippen LogP contribution in [-0.4, -0.2) is 101 Å². The first-order valence-electron chi connectivity index (χ1n) is 23.1. The first-order chi connectivity index (χ1) is 33.7. The van der Waals surface area contributed by atoms with Crippen molar-refractivity contribution in [2.45, 2.75) is 61.1 Å². The Labute approximate surface area is 406 Å². The number of aryl methyl sites for hydroxylation is 6. The molecular weight excluding hydrogens is 887 g/mol. The van der Waals surface area contributed by atoms with Gasteiger partial charge in [0.2, 0.25) is 5.91 Å². The molecule has 15 heteroatoms. The minimum atomic E-state index is -0.608. The molecule has 1 fully saturated rings. The third-order valence-corrected chi connectivity index (χ3v) is 12.2. The number of rotatable bonds is 16. The standard InChI is InChI=1S/C55H57N7O8/c1-34-21-36(3)53(37(4)22-34)68-31-51(64)61(57-28-45-9-8-10-47-46(45)17-18-56-47)33-70-55(66)43-14-11-41(12-15-43)29-60-19-20-67-30-50(60)49-26-44-16-13-42(25-48(44)59-49)27-58-62(40(7)63)52(65)32-69-54-38(5)23-35(2)24-39(54)6/h8-18,21-28,50,56,59H,19-20,29-33H2,1-7H3/b57-28+,58-27+. The van der Waals surface area contributed by atoms with Crippen molar-refractivity contribution < 1.29 is 38.1 Å². The number of morpholine rings is 1. The highest BCUT2D eigenvalue weighted by atomic mass is 16.5. The zero-order chi connectivity index (χ0) is 49.5. The number of esters is 1. The second kappa shape index (κ2) is 21.6. The number of benzene rings is 5. The number of aromatic nitrogens is 2. The molecule has 0 aliphatic carbocycles. The maximum atomic E-state index is 13.6. The SMILES string of the molecule is CC(=O)N(/N=C/c1ccc2cc(C3COCCN3Cc3ccc(C(=O)OCN(/N=C/c4cccc5[nH]ccc45)C(=O)COc4c(C)cc(C)cc4C)cc3)[nH]c2c1)C(=O)COc1c(C)cc(C)cc1C. The molecule has 5 aromatic carbocycles. The summed E-state index contributed by atoms with van der Waals surface area (Å²) < 4.78 is 23.5. The summed E-state index contributed by atoms with van der Waals surface area (Å²) in [6.07, 6.45) is 4.89. The molecule has 1 unspecified atom stereocenters. The lowest BCUT2D eigenvalue weighted by Crippen LogP contribution is -2.39. The lowest BCUT2D eigenvalue weighted by molar-refractivity contribution is -0.145. The molecule has 360 valence electrons. The number of carbonyl (C=O) groups excluding carboxylic acids is 4. The molecule has 0 spiro atoms. The van der Waals surface area contributed by atoms with E-state index in [4.69, 9.17) is 18.9 Å². The molecule has 3 heterocycles. The first kappa shape index (κ1) is 48.6. The Morgan fingerprint density at radius 3 is 2.10 bits per heavy atom. The average molecular weight is 944 g/mol. The van der Waals surface area contributed by atoms with E-state index in [0.29, 0.717) is 48.9 Å². The van der Waals surface area contributed by atoms with Crippen LogP contribution in [0.3, 0.4) is 0 Å². The van der Waals surface area contributed by atoms with Crippen LogP contribution in [-0.2, 0) is 30.4 Å². The van der Waals surface area contributed by atoms with Crippen molar-refractivity contribution in [3.05, 3.63) is 165 Å². The van der Waals surface area contributed by atoms with Gasteiger partial charge in [-0.15, -0.1) is 0 Å². The zero-order valence-corrected chi connectivity index (χ0v) is 40.5. The van der Waals surface area contributed by atoms with Crippen molar-refractivity contribution in [2.75, 3.05) is 39.7 Å². The molecule has 15 nitrogen and oxygen atoms in total. The van der Waals surface area contributed by atoms with E-state index >= 15 is 0 Å². The van der Waals surface area contributed by atoms with Gasteiger partial charge in [0.1, 0.15) is 11.5 Å². The summed E-state index contributed by atoms with van der Waals surface area (Å²) in [6.45, 7) is 14.2. The molecule has 2 N–H and O–H groups in total. The fourth-order valence-electron chi connectivity index (χ4n) is 8.89. The number of nitrogens with one attached hydrogen (secondary N) is 2. The van der Waals surface area contributed by atoms with Crippen LogP contribution < -0.4 is 9.47 Å². The fourth-order valence-corrected chi connectivity index (χ4v) is 8.89. The van der Waals surface area contributed by atoms with E-state index in [1.165, 1.54) is 13.1 Å². The smallest absolute Gasteiger partial charge is 0.339 e. The van der Waals surface area contributed by atoms with Crippen molar-refractivity contribution in [1.29, 1.82) is 0 Å². The van der Waals surface area contributed by atoms with Crippen molar-refractivity contribution in [1.82, 2.24) is 24.9 Å². The molecule has 7 aromatic rings. The number of nitrogens with zero attached hydrogens (tertiary/aromatic N) is 5. The van der Waals surface area contributed by atoms with Crippen LogP contribution in [0.1, 0.15) is 79.1 Å². The molecule has 1 saturated heterocycles. The van der Waals surface area contributed by atoms with E-state index in [0.717, 1.165) is 82.0 Å². The number of aromatic amines is 2. The van der Waals surface area contributed by atoms with E-state index in [1.807, 2.05) is 127 Å². The Hall–Kier alpha value is -7.88. The molecule has 2 aromatic heterocycles. The predicted octanol–water partition coefficient (Wildman–Crippen LogP) is 8.92. The van der Waals surface area contributed by atoms with Crippen LogP contribution in [0, 0.1) is 41.5 Å².